The Labute approximate surface area is 187 Å². The van der Waals surface area contributed by atoms with E-state index in [1.807, 2.05) is 24.3 Å². The first-order valence-electron chi connectivity index (χ1n) is 10.2. The van der Waals surface area contributed by atoms with Gasteiger partial charge in [-0.3, -0.25) is 19.4 Å². The van der Waals surface area contributed by atoms with Crippen molar-refractivity contribution in [1.29, 1.82) is 0 Å². The van der Waals surface area contributed by atoms with Crippen molar-refractivity contribution in [2.75, 3.05) is 12.4 Å². The summed E-state index contributed by atoms with van der Waals surface area (Å²) in [5.41, 5.74) is 3.31. The lowest BCUT2D eigenvalue weighted by molar-refractivity contribution is 0.254. The van der Waals surface area contributed by atoms with E-state index in [1.54, 1.807) is 43.7 Å². The van der Waals surface area contributed by atoms with Crippen molar-refractivity contribution in [2.45, 2.75) is 0 Å². The Kier molecular flexibility index (Phi) is 4.86. The summed E-state index contributed by atoms with van der Waals surface area (Å²) in [5.74, 6) is -0.0731. The fourth-order valence-corrected chi connectivity index (χ4v) is 3.85. The van der Waals surface area contributed by atoms with Crippen LogP contribution in [0, 0.1) is 5.82 Å². The van der Waals surface area contributed by atoms with Gasteiger partial charge in [0, 0.05) is 31.2 Å². The van der Waals surface area contributed by atoms with Crippen molar-refractivity contribution in [3.63, 3.8) is 0 Å². The first-order chi connectivity index (χ1) is 16.0. The maximum atomic E-state index is 14.7. The second-order valence-electron chi connectivity index (χ2n) is 7.49. The number of carbonyl (C=O) groups is 1. The molecule has 33 heavy (non-hydrogen) atoms. The molecular formula is C24H19FN6O2. The summed E-state index contributed by atoms with van der Waals surface area (Å²) in [6.07, 6.45) is 3.27. The highest BCUT2D eigenvalue weighted by Crippen LogP contribution is 2.30. The van der Waals surface area contributed by atoms with Gasteiger partial charge in [0.25, 0.3) is 0 Å². The summed E-state index contributed by atoms with van der Waals surface area (Å²) in [5, 5.41) is 5.80. The van der Waals surface area contributed by atoms with Crippen LogP contribution in [-0.2, 0) is 7.05 Å². The Morgan fingerprint density at radius 1 is 1.00 bits per heavy atom. The number of halogens is 1. The third-order valence-corrected chi connectivity index (χ3v) is 5.54. The van der Waals surface area contributed by atoms with Crippen LogP contribution in [0.15, 0.2) is 71.8 Å². The highest BCUT2D eigenvalue weighted by atomic mass is 19.1. The van der Waals surface area contributed by atoms with Crippen molar-refractivity contribution in [3.05, 3.63) is 83.3 Å². The first kappa shape index (κ1) is 20.4. The second kappa shape index (κ2) is 7.86. The lowest BCUT2D eigenvalue weighted by Gasteiger charge is -2.09. The largest absolute Gasteiger partial charge is 0.341 e. The van der Waals surface area contributed by atoms with E-state index >= 15 is 0 Å². The van der Waals surface area contributed by atoms with Crippen LogP contribution in [0.2, 0.25) is 0 Å². The van der Waals surface area contributed by atoms with Crippen LogP contribution in [0.5, 0.6) is 0 Å². The number of urea groups is 1. The monoisotopic (exact) mass is 442 g/mol. The van der Waals surface area contributed by atoms with Crippen molar-refractivity contribution in [3.8, 4) is 16.8 Å². The summed E-state index contributed by atoms with van der Waals surface area (Å²) in [6.45, 7) is 0. The molecule has 2 aromatic carbocycles. The van der Waals surface area contributed by atoms with E-state index in [1.165, 1.54) is 22.2 Å². The van der Waals surface area contributed by atoms with Crippen molar-refractivity contribution >= 4 is 33.8 Å². The van der Waals surface area contributed by atoms with Crippen LogP contribution in [0.3, 0.4) is 0 Å². The number of nitrogens with zero attached hydrogens (tertiary/aromatic N) is 4. The predicted molar refractivity (Wildman–Crippen MR) is 125 cm³/mol. The fraction of sp³-hybridized carbons (Fsp3) is 0.0833. The van der Waals surface area contributed by atoms with Crippen molar-refractivity contribution in [1.82, 2.24) is 24.4 Å². The van der Waals surface area contributed by atoms with Gasteiger partial charge in [-0.1, -0.05) is 18.2 Å². The molecule has 0 aliphatic rings. The standard InChI is InChI=1S/C24H19FN6O2/c1-26-23(32)29-21-10-8-15(12-28-21)14-7-9-18-16(11-14)22-20(13-27-18)30(2)24(33)31(22)19-6-4-3-5-17(19)25/h3-13H,1-2H3,(H2,26,28,29,32). The maximum Gasteiger partial charge on any atom is 0.333 e. The minimum absolute atomic E-state index is 0.178. The number of amides is 2. The number of anilines is 1. The Hall–Kier alpha value is -4.53. The summed E-state index contributed by atoms with van der Waals surface area (Å²) in [6, 6.07) is 15.0. The number of aromatic nitrogens is 4. The number of hydrogen-bond donors (Lipinski definition) is 2. The smallest absolute Gasteiger partial charge is 0.333 e. The van der Waals surface area contributed by atoms with Gasteiger partial charge < -0.3 is 5.32 Å². The van der Waals surface area contributed by atoms with Crippen LogP contribution >= 0.6 is 0 Å². The zero-order chi connectivity index (χ0) is 23.1. The van der Waals surface area contributed by atoms with E-state index in [0.717, 1.165) is 11.1 Å². The molecule has 2 N–H and O–H groups in total. The first-order valence-corrected chi connectivity index (χ1v) is 10.2. The van der Waals surface area contributed by atoms with E-state index in [2.05, 4.69) is 20.6 Å². The molecule has 2 amide bonds. The summed E-state index contributed by atoms with van der Waals surface area (Å²) in [4.78, 5) is 33.3. The summed E-state index contributed by atoms with van der Waals surface area (Å²) < 4.78 is 17.5. The lowest BCUT2D eigenvalue weighted by atomic mass is 10.0. The molecular weight excluding hydrogens is 423 g/mol. The second-order valence-corrected chi connectivity index (χ2v) is 7.49. The van der Waals surface area contributed by atoms with Gasteiger partial charge in [0.1, 0.15) is 11.6 Å². The molecule has 0 aliphatic carbocycles. The average Bonchev–Trinajstić information content (AvgIpc) is 3.10. The topological polar surface area (TPSA) is 93.8 Å². The highest BCUT2D eigenvalue weighted by Gasteiger charge is 2.18. The molecule has 5 aromatic rings. The molecule has 0 radical (unpaired) electrons. The SMILES string of the molecule is CNC(=O)Nc1ccc(-c2ccc3ncc4c(c3c2)n(-c2ccccc2F)c(=O)n4C)cn1. The van der Waals surface area contributed by atoms with Crippen LogP contribution in [0.4, 0.5) is 15.0 Å². The van der Waals surface area contributed by atoms with E-state index in [4.69, 9.17) is 0 Å². The number of carbonyl (C=O) groups excluding carboxylic acids is 1. The van der Waals surface area contributed by atoms with Gasteiger partial charge >= 0.3 is 11.7 Å². The van der Waals surface area contributed by atoms with Crippen molar-refractivity contribution < 1.29 is 9.18 Å². The molecule has 0 saturated carbocycles. The highest BCUT2D eigenvalue weighted by molar-refractivity contribution is 6.04. The van der Waals surface area contributed by atoms with Gasteiger partial charge in [-0.25, -0.2) is 19.0 Å². The molecule has 3 aromatic heterocycles. The van der Waals surface area contributed by atoms with Crippen LogP contribution in [-0.4, -0.2) is 32.2 Å². The van der Waals surface area contributed by atoms with E-state index in [9.17, 15) is 14.0 Å². The van der Waals surface area contributed by atoms with E-state index in [-0.39, 0.29) is 17.4 Å². The minimum Gasteiger partial charge on any atom is -0.341 e. The molecule has 0 fully saturated rings. The number of nitrogens with one attached hydrogen (secondary N) is 2. The molecule has 164 valence electrons. The lowest BCUT2D eigenvalue weighted by Crippen LogP contribution is -2.24. The van der Waals surface area contributed by atoms with Crippen LogP contribution in [0.1, 0.15) is 0 Å². The number of rotatable bonds is 3. The van der Waals surface area contributed by atoms with Gasteiger partial charge in [0.2, 0.25) is 0 Å². The van der Waals surface area contributed by atoms with Gasteiger partial charge in [0.15, 0.2) is 0 Å². The molecule has 0 saturated heterocycles. The zero-order valence-corrected chi connectivity index (χ0v) is 17.8. The Bertz CT molecular complexity index is 1590. The molecule has 0 spiro atoms. The Morgan fingerprint density at radius 3 is 2.52 bits per heavy atom. The number of benzene rings is 2. The van der Waals surface area contributed by atoms with Gasteiger partial charge in [-0.2, -0.15) is 0 Å². The molecule has 8 nitrogen and oxygen atoms in total. The molecule has 0 bridgehead atoms. The Morgan fingerprint density at radius 2 is 1.79 bits per heavy atom. The summed E-state index contributed by atoms with van der Waals surface area (Å²) in [7, 11) is 3.17. The van der Waals surface area contributed by atoms with Crippen molar-refractivity contribution in [2.24, 2.45) is 7.05 Å². The third-order valence-electron chi connectivity index (χ3n) is 5.54. The van der Waals surface area contributed by atoms with Gasteiger partial charge in [-0.05, 0) is 42.0 Å². The van der Waals surface area contributed by atoms with Gasteiger partial charge in [-0.15, -0.1) is 0 Å². The molecule has 9 heteroatoms. The quantitative estimate of drug-likeness (QED) is 0.444. The minimum atomic E-state index is -0.489. The average molecular weight is 442 g/mol. The molecule has 0 unspecified atom stereocenters. The van der Waals surface area contributed by atoms with Crippen LogP contribution < -0.4 is 16.3 Å². The van der Waals surface area contributed by atoms with E-state index in [0.29, 0.717) is 27.8 Å². The van der Waals surface area contributed by atoms with Crippen LogP contribution in [0.25, 0.3) is 38.8 Å². The normalized spacial score (nSPS) is 11.1. The number of hydrogen-bond acceptors (Lipinski definition) is 4. The van der Waals surface area contributed by atoms with Gasteiger partial charge in [0.05, 0.1) is 28.4 Å². The zero-order valence-electron chi connectivity index (χ0n) is 17.8. The molecule has 0 atom stereocenters. The number of aryl methyl sites for hydroxylation is 1. The fourth-order valence-electron chi connectivity index (χ4n) is 3.85. The molecule has 0 aliphatic heterocycles. The maximum absolute atomic E-state index is 14.7. The summed E-state index contributed by atoms with van der Waals surface area (Å²) >= 11 is 0. The molecule has 5 rings (SSSR count). The number of fused-ring (bicyclic) bond motifs is 3. The Balaban J connectivity index is 1.72. The number of para-hydroxylation sites is 1. The number of pyridine rings is 2. The van der Waals surface area contributed by atoms with E-state index < -0.39 is 5.82 Å². The molecule has 3 heterocycles. The third kappa shape index (κ3) is 3.39. The predicted octanol–water partition coefficient (Wildman–Crippen LogP) is 3.83. The number of imidazole rings is 1.